The molecule has 0 saturated heterocycles. The van der Waals surface area contributed by atoms with E-state index in [1.165, 1.54) is 30.8 Å². The molecule has 0 aliphatic rings. The van der Waals surface area contributed by atoms with Crippen molar-refractivity contribution < 1.29 is 9.72 Å². The van der Waals surface area contributed by atoms with Gasteiger partial charge in [0.25, 0.3) is 0 Å². The van der Waals surface area contributed by atoms with Crippen molar-refractivity contribution in [3.05, 3.63) is 22.2 Å². The molecule has 1 amide bonds. The molecular weight excluding hydrogens is 230 g/mol. The molecule has 0 fully saturated rings. The van der Waals surface area contributed by atoms with Crippen LogP contribution in [0.4, 0.5) is 11.5 Å². The maximum atomic E-state index is 10.8. The Morgan fingerprint density at radius 3 is 2.81 bits per heavy atom. The molecule has 16 heavy (non-hydrogen) atoms. The first-order valence-corrected chi connectivity index (χ1v) is 5.59. The Hall–Kier alpha value is -1.63. The van der Waals surface area contributed by atoms with Crippen LogP contribution in [0.3, 0.4) is 0 Å². The van der Waals surface area contributed by atoms with Gasteiger partial charge in [-0.25, -0.2) is 4.98 Å². The Morgan fingerprint density at radius 2 is 2.31 bits per heavy atom. The van der Waals surface area contributed by atoms with E-state index in [1.54, 1.807) is 0 Å². The molecule has 7 heteroatoms. The van der Waals surface area contributed by atoms with Crippen LogP contribution in [0.1, 0.15) is 13.8 Å². The molecule has 6 nitrogen and oxygen atoms in total. The van der Waals surface area contributed by atoms with E-state index in [-0.39, 0.29) is 11.6 Å². The van der Waals surface area contributed by atoms with E-state index in [0.29, 0.717) is 16.6 Å². The summed E-state index contributed by atoms with van der Waals surface area (Å²) in [4.78, 5) is 25.0. The molecule has 1 rings (SSSR count). The summed E-state index contributed by atoms with van der Waals surface area (Å²) in [5.74, 6) is 0.750. The highest BCUT2D eigenvalue weighted by atomic mass is 32.2. The van der Waals surface area contributed by atoms with Gasteiger partial charge in [-0.3, -0.25) is 14.9 Å². The minimum Gasteiger partial charge on any atom is -0.311 e. The van der Waals surface area contributed by atoms with Crippen molar-refractivity contribution in [3.8, 4) is 0 Å². The van der Waals surface area contributed by atoms with Crippen LogP contribution < -0.4 is 5.32 Å². The molecule has 0 saturated carbocycles. The van der Waals surface area contributed by atoms with Gasteiger partial charge in [0.15, 0.2) is 5.03 Å². The van der Waals surface area contributed by atoms with Crippen LogP contribution in [0.5, 0.6) is 0 Å². The van der Waals surface area contributed by atoms with E-state index in [4.69, 9.17) is 0 Å². The van der Waals surface area contributed by atoms with Gasteiger partial charge in [0.2, 0.25) is 5.91 Å². The monoisotopic (exact) mass is 241 g/mol. The average molecular weight is 241 g/mol. The number of hydrogen-bond donors (Lipinski definition) is 1. The lowest BCUT2D eigenvalue weighted by Crippen LogP contribution is -2.08. The van der Waals surface area contributed by atoms with Gasteiger partial charge in [0.1, 0.15) is 5.82 Å². The highest BCUT2D eigenvalue weighted by molar-refractivity contribution is 7.99. The SMILES string of the molecule is CCSc1nc(NC(C)=O)ccc1[N+](=O)[O-]. The fourth-order valence-electron chi connectivity index (χ4n) is 1.06. The number of pyridine rings is 1. The number of rotatable bonds is 4. The van der Waals surface area contributed by atoms with Crippen molar-refractivity contribution in [3.63, 3.8) is 0 Å². The summed E-state index contributed by atoms with van der Waals surface area (Å²) >= 11 is 1.27. The zero-order valence-electron chi connectivity index (χ0n) is 8.89. The minimum absolute atomic E-state index is 0.0408. The topological polar surface area (TPSA) is 85.1 Å². The molecule has 0 atom stereocenters. The number of hydrogen-bond acceptors (Lipinski definition) is 5. The van der Waals surface area contributed by atoms with E-state index < -0.39 is 4.92 Å². The van der Waals surface area contributed by atoms with Gasteiger partial charge in [0.05, 0.1) is 4.92 Å². The first-order valence-electron chi connectivity index (χ1n) is 4.60. The standard InChI is InChI=1S/C9H11N3O3S/c1-3-16-9-7(12(14)15)4-5-8(11-9)10-6(2)13/h4-5H,3H2,1-2H3,(H,10,11,13). The first kappa shape index (κ1) is 12.4. The van der Waals surface area contributed by atoms with Gasteiger partial charge in [-0.1, -0.05) is 18.7 Å². The fraction of sp³-hybridized carbons (Fsp3) is 0.333. The third-order valence-corrected chi connectivity index (χ3v) is 2.48. The van der Waals surface area contributed by atoms with Crippen LogP contribution in [0.25, 0.3) is 0 Å². The van der Waals surface area contributed by atoms with Gasteiger partial charge in [0, 0.05) is 13.0 Å². The molecule has 1 N–H and O–H groups in total. The molecule has 1 aromatic rings. The van der Waals surface area contributed by atoms with Gasteiger partial charge in [-0.15, -0.1) is 0 Å². The van der Waals surface area contributed by atoms with Crippen LogP contribution in [0.15, 0.2) is 17.2 Å². The van der Waals surface area contributed by atoms with Crippen molar-refractivity contribution in [2.24, 2.45) is 0 Å². The highest BCUT2D eigenvalue weighted by Gasteiger charge is 2.16. The maximum absolute atomic E-state index is 10.8. The summed E-state index contributed by atoms with van der Waals surface area (Å²) in [7, 11) is 0. The summed E-state index contributed by atoms with van der Waals surface area (Å²) < 4.78 is 0. The van der Waals surface area contributed by atoms with Gasteiger partial charge < -0.3 is 5.32 Å². The lowest BCUT2D eigenvalue weighted by molar-refractivity contribution is -0.388. The summed E-state index contributed by atoms with van der Waals surface area (Å²) in [6, 6.07) is 2.76. The Balaban J connectivity index is 3.06. The first-order chi connectivity index (χ1) is 7.54. The van der Waals surface area contributed by atoms with Crippen molar-refractivity contribution >= 4 is 29.2 Å². The van der Waals surface area contributed by atoms with E-state index in [9.17, 15) is 14.9 Å². The second kappa shape index (κ2) is 5.45. The smallest absolute Gasteiger partial charge is 0.301 e. The summed E-state index contributed by atoms with van der Waals surface area (Å²) in [5, 5.41) is 13.5. The number of aromatic nitrogens is 1. The van der Waals surface area contributed by atoms with E-state index in [1.807, 2.05) is 6.92 Å². The molecule has 86 valence electrons. The normalized spacial score (nSPS) is 9.88. The molecule has 1 heterocycles. The zero-order valence-corrected chi connectivity index (χ0v) is 9.71. The Labute approximate surface area is 96.6 Å². The van der Waals surface area contributed by atoms with Crippen molar-refractivity contribution in [1.29, 1.82) is 0 Å². The number of carbonyl (C=O) groups is 1. The third kappa shape index (κ3) is 3.20. The second-order valence-electron chi connectivity index (χ2n) is 2.89. The van der Waals surface area contributed by atoms with Crippen LogP contribution >= 0.6 is 11.8 Å². The van der Waals surface area contributed by atoms with E-state index >= 15 is 0 Å². The largest absolute Gasteiger partial charge is 0.311 e. The number of thioether (sulfide) groups is 1. The van der Waals surface area contributed by atoms with Crippen molar-refractivity contribution in [1.82, 2.24) is 4.98 Å². The van der Waals surface area contributed by atoms with Crippen LogP contribution in [-0.4, -0.2) is 21.6 Å². The van der Waals surface area contributed by atoms with E-state index in [2.05, 4.69) is 10.3 Å². The maximum Gasteiger partial charge on any atom is 0.301 e. The molecule has 0 aliphatic heterocycles. The average Bonchev–Trinajstić information content (AvgIpc) is 2.17. The second-order valence-corrected chi connectivity index (χ2v) is 4.14. The molecule has 0 spiro atoms. The van der Waals surface area contributed by atoms with Crippen LogP contribution in [-0.2, 0) is 4.79 Å². The number of carbonyl (C=O) groups excluding carboxylic acids is 1. The minimum atomic E-state index is -0.484. The number of anilines is 1. The van der Waals surface area contributed by atoms with Gasteiger partial charge in [-0.2, -0.15) is 0 Å². The molecule has 0 aliphatic carbocycles. The number of nitrogens with one attached hydrogen (secondary N) is 1. The quantitative estimate of drug-likeness (QED) is 0.495. The Bertz CT molecular complexity index is 422. The molecule has 0 radical (unpaired) electrons. The Kier molecular flexibility index (Phi) is 4.24. The van der Waals surface area contributed by atoms with Crippen molar-refractivity contribution in [2.45, 2.75) is 18.9 Å². The number of nitro groups is 1. The summed E-state index contributed by atoms with van der Waals surface area (Å²) in [5.41, 5.74) is -0.0408. The molecule has 0 bridgehead atoms. The highest BCUT2D eigenvalue weighted by Crippen LogP contribution is 2.28. The number of amides is 1. The summed E-state index contributed by atoms with van der Waals surface area (Å²) in [6.07, 6.45) is 0. The molecular formula is C9H11N3O3S. The van der Waals surface area contributed by atoms with Gasteiger partial charge in [-0.05, 0) is 11.8 Å². The molecule has 1 aromatic heterocycles. The Morgan fingerprint density at radius 1 is 1.62 bits per heavy atom. The lowest BCUT2D eigenvalue weighted by Gasteiger charge is -2.04. The van der Waals surface area contributed by atoms with Crippen LogP contribution in [0, 0.1) is 10.1 Å². The zero-order chi connectivity index (χ0) is 12.1. The van der Waals surface area contributed by atoms with E-state index in [0.717, 1.165) is 0 Å². The van der Waals surface area contributed by atoms with Crippen LogP contribution in [0.2, 0.25) is 0 Å². The third-order valence-electron chi connectivity index (χ3n) is 1.62. The fourth-order valence-corrected chi connectivity index (χ4v) is 1.79. The van der Waals surface area contributed by atoms with Crippen molar-refractivity contribution in [2.75, 3.05) is 11.1 Å². The molecule has 0 unspecified atom stereocenters. The predicted molar refractivity (Wildman–Crippen MR) is 61.6 cm³/mol. The number of nitrogens with zero attached hydrogens (tertiary/aromatic N) is 2. The summed E-state index contributed by atoms with van der Waals surface area (Å²) in [6.45, 7) is 3.23. The molecule has 0 aromatic carbocycles. The predicted octanol–water partition coefficient (Wildman–Crippen LogP) is 2.06. The lowest BCUT2D eigenvalue weighted by atomic mass is 10.4. The van der Waals surface area contributed by atoms with Gasteiger partial charge >= 0.3 is 5.69 Å².